The van der Waals surface area contributed by atoms with Gasteiger partial charge in [-0.1, -0.05) is 19.3 Å². The van der Waals surface area contributed by atoms with Gasteiger partial charge in [0.05, 0.1) is 22.8 Å². The van der Waals surface area contributed by atoms with Gasteiger partial charge < -0.3 is 10.3 Å². The van der Waals surface area contributed by atoms with Crippen molar-refractivity contribution < 1.29 is 4.79 Å². The monoisotopic (exact) mass is 452 g/mol. The van der Waals surface area contributed by atoms with E-state index in [0.717, 1.165) is 40.6 Å². The molecule has 9 heteroatoms. The summed E-state index contributed by atoms with van der Waals surface area (Å²) in [6.45, 7) is 0. The van der Waals surface area contributed by atoms with Gasteiger partial charge in [0.2, 0.25) is 5.91 Å². The Hall–Kier alpha value is -4.14. The highest BCUT2D eigenvalue weighted by Crippen LogP contribution is 2.30. The van der Waals surface area contributed by atoms with E-state index < -0.39 is 0 Å². The summed E-state index contributed by atoms with van der Waals surface area (Å²) in [5.74, 6) is 1.19. The van der Waals surface area contributed by atoms with Crippen molar-refractivity contribution in [1.29, 1.82) is 0 Å². The Morgan fingerprint density at radius 1 is 1.03 bits per heavy atom. The second-order valence-corrected chi connectivity index (χ2v) is 8.87. The lowest BCUT2D eigenvalue weighted by atomic mass is 9.87. The van der Waals surface area contributed by atoms with Crippen LogP contribution in [0.2, 0.25) is 0 Å². The Kier molecular flexibility index (Phi) is 5.21. The molecule has 5 aromatic heterocycles. The van der Waals surface area contributed by atoms with Crippen LogP contribution in [0.4, 0.5) is 5.69 Å². The number of amides is 1. The molecule has 1 aliphatic carbocycles. The number of hydrogen-bond acceptors (Lipinski definition) is 6. The fraction of sp³-hybridized carbons (Fsp3) is 0.280. The first-order valence-corrected chi connectivity index (χ1v) is 11.6. The van der Waals surface area contributed by atoms with Gasteiger partial charge in [-0.15, -0.1) is 0 Å². The SMILES string of the molecule is O=C(CC1CCCCC1)Nc1cncc(-c2cnc3n[nH]c(-c4nc5ncccc5[nH]4)c3c2)c1. The largest absolute Gasteiger partial charge is 0.335 e. The molecule has 0 unspecified atom stereocenters. The van der Waals surface area contributed by atoms with E-state index in [9.17, 15) is 4.79 Å². The van der Waals surface area contributed by atoms with Crippen LogP contribution in [0.25, 0.3) is 44.8 Å². The number of fused-ring (bicyclic) bond motifs is 2. The van der Waals surface area contributed by atoms with Gasteiger partial charge in [0.15, 0.2) is 17.1 Å². The quantitative estimate of drug-likeness (QED) is 0.349. The molecule has 1 fully saturated rings. The van der Waals surface area contributed by atoms with E-state index in [4.69, 9.17) is 0 Å². The van der Waals surface area contributed by atoms with Crippen molar-refractivity contribution in [3.63, 3.8) is 0 Å². The highest BCUT2D eigenvalue weighted by Gasteiger charge is 2.18. The van der Waals surface area contributed by atoms with E-state index >= 15 is 0 Å². The number of aromatic amines is 2. The van der Waals surface area contributed by atoms with Gasteiger partial charge in [0.1, 0.15) is 5.69 Å². The van der Waals surface area contributed by atoms with Crippen molar-refractivity contribution in [3.8, 4) is 22.6 Å². The number of nitrogens with zero attached hydrogens (tertiary/aromatic N) is 5. The molecular formula is C25H24N8O. The highest BCUT2D eigenvalue weighted by atomic mass is 16.1. The zero-order valence-electron chi connectivity index (χ0n) is 18.6. The third kappa shape index (κ3) is 4.00. The van der Waals surface area contributed by atoms with Crippen molar-refractivity contribution in [2.24, 2.45) is 5.92 Å². The second-order valence-electron chi connectivity index (χ2n) is 8.87. The zero-order chi connectivity index (χ0) is 22.9. The van der Waals surface area contributed by atoms with Crippen LogP contribution in [-0.2, 0) is 4.79 Å². The molecule has 3 N–H and O–H groups in total. The van der Waals surface area contributed by atoms with Gasteiger partial charge in [0, 0.05) is 36.1 Å². The Morgan fingerprint density at radius 3 is 2.79 bits per heavy atom. The maximum Gasteiger partial charge on any atom is 0.224 e. The average molecular weight is 453 g/mol. The Bertz CT molecular complexity index is 1450. The zero-order valence-corrected chi connectivity index (χ0v) is 18.6. The van der Waals surface area contributed by atoms with Gasteiger partial charge in [-0.05, 0) is 43.0 Å². The smallest absolute Gasteiger partial charge is 0.224 e. The second kappa shape index (κ2) is 8.66. The normalized spacial score (nSPS) is 14.6. The van der Waals surface area contributed by atoms with Gasteiger partial charge in [-0.3, -0.25) is 14.9 Å². The summed E-state index contributed by atoms with van der Waals surface area (Å²) in [5, 5.41) is 11.2. The molecule has 0 bridgehead atoms. The molecule has 1 saturated carbocycles. The number of carbonyl (C=O) groups is 1. The molecule has 0 atom stereocenters. The van der Waals surface area contributed by atoms with E-state index in [2.05, 4.69) is 40.4 Å². The van der Waals surface area contributed by atoms with E-state index in [0.29, 0.717) is 35.1 Å². The molecule has 0 saturated heterocycles. The lowest BCUT2D eigenvalue weighted by molar-refractivity contribution is -0.117. The minimum Gasteiger partial charge on any atom is -0.335 e. The predicted octanol–water partition coefficient (Wildman–Crippen LogP) is 4.87. The molecule has 1 amide bonds. The standard InChI is InChI=1S/C25H24N8O/c34-21(9-15-5-2-1-3-6-15)29-18-10-16(12-26-14-18)17-11-19-22(32-33-23(19)28-13-17)25-30-20-7-4-8-27-24(20)31-25/h4,7-8,10-15H,1-3,5-6,9H2,(H,29,34)(H,27,30,31)(H,28,32,33). The van der Waals surface area contributed by atoms with Crippen molar-refractivity contribution in [2.45, 2.75) is 38.5 Å². The van der Waals surface area contributed by atoms with Crippen molar-refractivity contribution in [1.82, 2.24) is 35.1 Å². The third-order valence-electron chi connectivity index (χ3n) is 6.46. The summed E-state index contributed by atoms with van der Waals surface area (Å²) in [6, 6.07) is 7.73. The van der Waals surface area contributed by atoms with Gasteiger partial charge in [-0.2, -0.15) is 5.10 Å². The Balaban J connectivity index is 1.27. The topological polar surface area (TPSA) is 125 Å². The van der Waals surface area contributed by atoms with Gasteiger partial charge >= 0.3 is 0 Å². The van der Waals surface area contributed by atoms with Crippen molar-refractivity contribution in [3.05, 3.63) is 49.1 Å². The summed E-state index contributed by atoms with van der Waals surface area (Å²) >= 11 is 0. The minimum atomic E-state index is 0.0510. The van der Waals surface area contributed by atoms with Crippen LogP contribution in [0.5, 0.6) is 0 Å². The Morgan fingerprint density at radius 2 is 1.91 bits per heavy atom. The Labute approximate surface area is 195 Å². The summed E-state index contributed by atoms with van der Waals surface area (Å²) in [4.78, 5) is 33.6. The van der Waals surface area contributed by atoms with Crippen LogP contribution in [0.3, 0.4) is 0 Å². The predicted molar refractivity (Wildman–Crippen MR) is 130 cm³/mol. The molecule has 0 spiro atoms. The number of rotatable bonds is 5. The van der Waals surface area contributed by atoms with Crippen molar-refractivity contribution >= 4 is 33.8 Å². The summed E-state index contributed by atoms with van der Waals surface area (Å²) in [7, 11) is 0. The highest BCUT2D eigenvalue weighted by molar-refractivity contribution is 5.94. The van der Waals surface area contributed by atoms with Crippen LogP contribution in [0.1, 0.15) is 38.5 Å². The fourth-order valence-corrected chi connectivity index (χ4v) is 4.73. The number of imidazole rings is 1. The maximum absolute atomic E-state index is 12.6. The van der Waals surface area contributed by atoms with Gasteiger partial charge in [0.25, 0.3) is 0 Å². The molecule has 0 aromatic carbocycles. The van der Waals surface area contributed by atoms with Crippen LogP contribution in [0.15, 0.2) is 49.1 Å². The number of nitrogens with one attached hydrogen (secondary N) is 3. The molecule has 34 heavy (non-hydrogen) atoms. The lowest BCUT2D eigenvalue weighted by Gasteiger charge is -2.20. The number of hydrogen-bond donors (Lipinski definition) is 3. The number of anilines is 1. The summed E-state index contributed by atoms with van der Waals surface area (Å²) in [5.41, 5.74) is 5.26. The number of carbonyl (C=O) groups excluding carboxylic acids is 1. The molecular weight excluding hydrogens is 428 g/mol. The molecule has 0 aliphatic heterocycles. The molecule has 170 valence electrons. The first-order chi connectivity index (χ1) is 16.7. The number of H-pyrrole nitrogens is 2. The van der Waals surface area contributed by atoms with Gasteiger partial charge in [-0.25, -0.2) is 15.0 Å². The molecule has 1 aliphatic rings. The van der Waals surface area contributed by atoms with E-state index in [1.165, 1.54) is 19.3 Å². The third-order valence-corrected chi connectivity index (χ3v) is 6.46. The minimum absolute atomic E-state index is 0.0510. The maximum atomic E-state index is 12.6. The molecule has 9 nitrogen and oxygen atoms in total. The van der Waals surface area contributed by atoms with Crippen LogP contribution in [-0.4, -0.2) is 41.0 Å². The van der Waals surface area contributed by atoms with Crippen LogP contribution in [0, 0.1) is 5.92 Å². The number of pyridine rings is 3. The average Bonchev–Trinajstić information content (AvgIpc) is 3.48. The molecule has 6 rings (SSSR count). The molecule has 5 heterocycles. The molecule has 5 aromatic rings. The summed E-state index contributed by atoms with van der Waals surface area (Å²) in [6.07, 6.45) is 13.5. The van der Waals surface area contributed by atoms with Crippen LogP contribution >= 0.6 is 0 Å². The van der Waals surface area contributed by atoms with E-state index in [1.54, 1.807) is 24.8 Å². The van der Waals surface area contributed by atoms with E-state index in [1.807, 2.05) is 24.3 Å². The van der Waals surface area contributed by atoms with E-state index in [-0.39, 0.29) is 5.91 Å². The number of aromatic nitrogens is 7. The fourth-order valence-electron chi connectivity index (χ4n) is 4.73. The van der Waals surface area contributed by atoms with Crippen molar-refractivity contribution in [2.75, 3.05) is 5.32 Å². The molecule has 0 radical (unpaired) electrons. The first-order valence-electron chi connectivity index (χ1n) is 11.6. The first kappa shape index (κ1) is 20.5. The summed E-state index contributed by atoms with van der Waals surface area (Å²) < 4.78 is 0. The van der Waals surface area contributed by atoms with Crippen LogP contribution < -0.4 is 5.32 Å². The lowest BCUT2D eigenvalue weighted by Crippen LogP contribution is -2.18.